The molecule has 2 atom stereocenters. The molecule has 1 aliphatic rings. The average molecular weight is 223 g/mol. The summed E-state index contributed by atoms with van der Waals surface area (Å²) in [5.74, 6) is 1.54. The summed E-state index contributed by atoms with van der Waals surface area (Å²) in [7, 11) is 0. The van der Waals surface area contributed by atoms with Crippen molar-refractivity contribution in [3.63, 3.8) is 0 Å². The Balaban J connectivity index is 1.86. The van der Waals surface area contributed by atoms with Crippen LogP contribution in [0.1, 0.15) is 31.4 Å². The second kappa shape index (κ2) is 5.46. The van der Waals surface area contributed by atoms with E-state index in [-0.39, 0.29) is 6.04 Å². The summed E-state index contributed by atoms with van der Waals surface area (Å²) < 4.78 is 5.47. The maximum atomic E-state index is 5.73. The Kier molecular flexibility index (Phi) is 3.96. The fourth-order valence-corrected chi connectivity index (χ4v) is 2.21. The monoisotopic (exact) mass is 223 g/mol. The topological polar surface area (TPSA) is 64.1 Å². The summed E-state index contributed by atoms with van der Waals surface area (Å²) in [5.41, 5.74) is 6.71. The third-order valence-corrected chi connectivity index (χ3v) is 2.99. The van der Waals surface area contributed by atoms with Crippen molar-refractivity contribution in [1.82, 2.24) is 10.3 Å². The molecule has 1 aromatic rings. The van der Waals surface area contributed by atoms with Crippen LogP contribution in [-0.2, 0) is 12.8 Å². The van der Waals surface area contributed by atoms with Gasteiger partial charge in [0.1, 0.15) is 6.26 Å². The highest BCUT2D eigenvalue weighted by Gasteiger charge is 2.16. The molecule has 0 aromatic carbocycles. The molecule has 0 amide bonds. The molecule has 0 bridgehead atoms. The quantitative estimate of drug-likeness (QED) is 0.802. The van der Waals surface area contributed by atoms with Crippen molar-refractivity contribution in [2.75, 3.05) is 13.1 Å². The van der Waals surface area contributed by atoms with Gasteiger partial charge in [-0.3, -0.25) is 0 Å². The van der Waals surface area contributed by atoms with Crippen LogP contribution in [0.4, 0.5) is 0 Å². The van der Waals surface area contributed by atoms with Gasteiger partial charge in [0.15, 0.2) is 5.89 Å². The lowest BCUT2D eigenvalue weighted by Crippen LogP contribution is -2.30. The lowest BCUT2D eigenvalue weighted by Gasteiger charge is -2.21. The van der Waals surface area contributed by atoms with Gasteiger partial charge in [-0.15, -0.1) is 0 Å². The van der Waals surface area contributed by atoms with Gasteiger partial charge >= 0.3 is 0 Å². The van der Waals surface area contributed by atoms with Crippen LogP contribution in [0.5, 0.6) is 0 Å². The van der Waals surface area contributed by atoms with Crippen molar-refractivity contribution in [3.8, 4) is 0 Å². The molecule has 0 radical (unpaired) electrons. The highest BCUT2D eigenvalue weighted by Crippen LogP contribution is 2.16. The third kappa shape index (κ3) is 3.32. The first kappa shape index (κ1) is 11.6. The molecule has 2 rings (SSSR count). The number of aromatic nitrogens is 1. The minimum absolute atomic E-state index is 0.147. The largest absolute Gasteiger partial charge is 0.449 e. The number of piperidine rings is 1. The van der Waals surface area contributed by atoms with Crippen molar-refractivity contribution in [1.29, 1.82) is 0 Å². The standard InChI is InChI=1S/C12H21N3O/c1-9(13)5-11-8-16-12(15-11)6-10-3-2-4-14-7-10/h8-10,14H,2-7,13H2,1H3. The van der Waals surface area contributed by atoms with Gasteiger partial charge in [0.05, 0.1) is 5.69 Å². The van der Waals surface area contributed by atoms with Crippen LogP contribution in [-0.4, -0.2) is 24.1 Å². The van der Waals surface area contributed by atoms with Crippen molar-refractivity contribution >= 4 is 0 Å². The molecule has 4 heteroatoms. The summed E-state index contributed by atoms with van der Waals surface area (Å²) in [4.78, 5) is 4.47. The molecule has 0 aliphatic carbocycles. The molecule has 90 valence electrons. The number of nitrogens with zero attached hydrogens (tertiary/aromatic N) is 1. The first-order chi connectivity index (χ1) is 7.74. The van der Waals surface area contributed by atoms with Gasteiger partial charge in [0.25, 0.3) is 0 Å². The molecule has 1 aromatic heterocycles. The van der Waals surface area contributed by atoms with Gasteiger partial charge in [-0.05, 0) is 38.8 Å². The molecular weight excluding hydrogens is 202 g/mol. The lowest BCUT2D eigenvalue weighted by molar-refractivity contribution is 0.345. The Labute approximate surface area is 96.6 Å². The van der Waals surface area contributed by atoms with Crippen LogP contribution >= 0.6 is 0 Å². The number of hydrogen-bond acceptors (Lipinski definition) is 4. The Hall–Kier alpha value is -0.870. The van der Waals surface area contributed by atoms with Crippen LogP contribution in [0.3, 0.4) is 0 Å². The fourth-order valence-electron chi connectivity index (χ4n) is 2.21. The average Bonchev–Trinajstić information content (AvgIpc) is 2.66. The molecule has 2 heterocycles. The Morgan fingerprint density at radius 2 is 2.56 bits per heavy atom. The summed E-state index contributed by atoms with van der Waals surface area (Å²) in [6.07, 6.45) is 6.03. The molecular formula is C12H21N3O. The molecule has 1 fully saturated rings. The smallest absolute Gasteiger partial charge is 0.194 e. The van der Waals surface area contributed by atoms with Gasteiger partial charge in [-0.25, -0.2) is 4.98 Å². The first-order valence-electron chi connectivity index (χ1n) is 6.13. The predicted octanol–water partition coefficient (Wildman–Crippen LogP) is 1.11. The maximum absolute atomic E-state index is 5.73. The highest BCUT2D eigenvalue weighted by molar-refractivity contribution is 4.99. The van der Waals surface area contributed by atoms with E-state index in [1.807, 2.05) is 6.92 Å². The Morgan fingerprint density at radius 3 is 3.25 bits per heavy atom. The highest BCUT2D eigenvalue weighted by atomic mass is 16.3. The van der Waals surface area contributed by atoms with Crippen LogP contribution in [0, 0.1) is 5.92 Å². The SMILES string of the molecule is CC(N)Cc1coc(CC2CCCNC2)n1. The number of hydrogen-bond donors (Lipinski definition) is 2. The van der Waals surface area contributed by atoms with Gasteiger partial charge in [-0.2, -0.15) is 0 Å². The van der Waals surface area contributed by atoms with Gasteiger partial charge < -0.3 is 15.5 Å². The van der Waals surface area contributed by atoms with E-state index in [0.29, 0.717) is 5.92 Å². The molecule has 4 nitrogen and oxygen atoms in total. The van der Waals surface area contributed by atoms with E-state index < -0.39 is 0 Å². The molecule has 3 N–H and O–H groups in total. The molecule has 16 heavy (non-hydrogen) atoms. The van der Waals surface area contributed by atoms with Gasteiger partial charge in [0, 0.05) is 18.9 Å². The summed E-state index contributed by atoms with van der Waals surface area (Å²) >= 11 is 0. The Morgan fingerprint density at radius 1 is 1.69 bits per heavy atom. The van der Waals surface area contributed by atoms with E-state index in [2.05, 4.69) is 10.3 Å². The summed E-state index contributed by atoms with van der Waals surface area (Å²) in [5, 5.41) is 3.40. The third-order valence-electron chi connectivity index (χ3n) is 2.99. The van der Waals surface area contributed by atoms with Crippen molar-refractivity contribution < 1.29 is 4.42 Å². The van der Waals surface area contributed by atoms with E-state index in [1.165, 1.54) is 12.8 Å². The van der Waals surface area contributed by atoms with E-state index in [4.69, 9.17) is 10.2 Å². The summed E-state index contributed by atoms with van der Waals surface area (Å²) in [6.45, 7) is 4.22. The van der Waals surface area contributed by atoms with Crippen LogP contribution in [0.2, 0.25) is 0 Å². The minimum atomic E-state index is 0.147. The second-order valence-electron chi connectivity index (χ2n) is 4.83. The lowest BCUT2D eigenvalue weighted by atomic mass is 9.96. The van der Waals surface area contributed by atoms with E-state index in [0.717, 1.165) is 37.5 Å². The minimum Gasteiger partial charge on any atom is -0.449 e. The molecule has 1 aliphatic heterocycles. The van der Waals surface area contributed by atoms with E-state index in [1.54, 1.807) is 6.26 Å². The molecule has 0 spiro atoms. The number of nitrogens with two attached hydrogens (primary N) is 1. The fraction of sp³-hybridized carbons (Fsp3) is 0.750. The number of nitrogens with one attached hydrogen (secondary N) is 1. The zero-order valence-electron chi connectivity index (χ0n) is 9.91. The van der Waals surface area contributed by atoms with Gasteiger partial charge in [-0.1, -0.05) is 0 Å². The molecule has 2 unspecified atom stereocenters. The van der Waals surface area contributed by atoms with E-state index >= 15 is 0 Å². The second-order valence-corrected chi connectivity index (χ2v) is 4.83. The zero-order valence-corrected chi connectivity index (χ0v) is 9.91. The van der Waals surface area contributed by atoms with Crippen molar-refractivity contribution in [2.24, 2.45) is 11.7 Å². The van der Waals surface area contributed by atoms with Crippen LogP contribution in [0.15, 0.2) is 10.7 Å². The normalized spacial score (nSPS) is 23.2. The van der Waals surface area contributed by atoms with Crippen molar-refractivity contribution in [2.45, 2.75) is 38.6 Å². The van der Waals surface area contributed by atoms with Gasteiger partial charge in [0.2, 0.25) is 0 Å². The number of rotatable bonds is 4. The van der Waals surface area contributed by atoms with Crippen molar-refractivity contribution in [3.05, 3.63) is 17.8 Å². The molecule has 1 saturated heterocycles. The van der Waals surface area contributed by atoms with Crippen LogP contribution in [0.25, 0.3) is 0 Å². The zero-order chi connectivity index (χ0) is 11.4. The van der Waals surface area contributed by atoms with E-state index in [9.17, 15) is 0 Å². The predicted molar refractivity (Wildman–Crippen MR) is 63.2 cm³/mol. The Bertz CT molecular complexity index is 316. The maximum Gasteiger partial charge on any atom is 0.194 e. The van der Waals surface area contributed by atoms with Crippen LogP contribution < -0.4 is 11.1 Å². The summed E-state index contributed by atoms with van der Waals surface area (Å²) in [6, 6.07) is 0.147. The first-order valence-corrected chi connectivity index (χ1v) is 6.13. The number of oxazole rings is 1. The molecule has 0 saturated carbocycles.